The number of aliphatic hydroxyl groups is 1. The fraction of sp³-hybridized carbons (Fsp3) is 0.455. The lowest BCUT2D eigenvalue weighted by atomic mass is 10.2. The maximum Gasteiger partial charge on any atom is 0.256 e. The van der Waals surface area contributed by atoms with Crippen LogP contribution in [0.25, 0.3) is 0 Å². The Morgan fingerprint density at radius 3 is 2.94 bits per heavy atom. The molecular formula is C11H16ClN3O3. The van der Waals surface area contributed by atoms with Crippen LogP contribution >= 0.6 is 11.6 Å². The number of amides is 1. The van der Waals surface area contributed by atoms with Gasteiger partial charge in [0, 0.05) is 20.2 Å². The Bertz CT molecular complexity index is 415. The molecule has 0 saturated carbocycles. The van der Waals surface area contributed by atoms with Crippen LogP contribution in [0.5, 0.6) is 0 Å². The number of anilines is 1. The second-order valence-electron chi connectivity index (χ2n) is 3.60. The minimum absolute atomic E-state index is 0.131. The lowest BCUT2D eigenvalue weighted by molar-refractivity contribution is 0.0657. The number of aliphatic hydroxyl groups excluding tert-OH is 1. The fourth-order valence-electron chi connectivity index (χ4n) is 1.43. The Labute approximate surface area is 110 Å². The highest BCUT2D eigenvalue weighted by Crippen LogP contribution is 2.17. The van der Waals surface area contributed by atoms with Crippen LogP contribution in [0.2, 0.25) is 5.15 Å². The van der Waals surface area contributed by atoms with Gasteiger partial charge in [-0.05, 0) is 6.07 Å². The number of rotatable bonds is 6. The lowest BCUT2D eigenvalue weighted by Gasteiger charge is -2.22. The molecule has 1 heterocycles. The second kappa shape index (κ2) is 7.15. The standard InChI is InChI=1S/C11H16ClN3O3/c1-18-5-3-15(2-4-16)11(17)8-6-10(12)14-7-9(8)13/h6-7,16H,2-5,13H2,1H3. The summed E-state index contributed by atoms with van der Waals surface area (Å²) in [5, 5.41) is 9.15. The molecule has 1 aromatic rings. The summed E-state index contributed by atoms with van der Waals surface area (Å²) in [6.45, 7) is 0.829. The minimum atomic E-state index is -0.303. The first-order valence-electron chi connectivity index (χ1n) is 5.40. The normalized spacial score (nSPS) is 10.4. The van der Waals surface area contributed by atoms with E-state index in [-0.39, 0.29) is 35.5 Å². The summed E-state index contributed by atoms with van der Waals surface area (Å²) in [7, 11) is 1.54. The van der Waals surface area contributed by atoms with Crippen molar-refractivity contribution in [3.8, 4) is 0 Å². The number of hydrogen-bond acceptors (Lipinski definition) is 5. The van der Waals surface area contributed by atoms with E-state index in [9.17, 15) is 4.79 Å². The number of hydrogen-bond donors (Lipinski definition) is 2. The van der Waals surface area contributed by atoms with Gasteiger partial charge in [-0.1, -0.05) is 11.6 Å². The number of halogens is 1. The number of carbonyl (C=O) groups is 1. The summed E-state index contributed by atoms with van der Waals surface area (Å²) < 4.78 is 4.91. The van der Waals surface area contributed by atoms with Crippen LogP contribution in [0.3, 0.4) is 0 Å². The van der Waals surface area contributed by atoms with Gasteiger partial charge < -0.3 is 20.5 Å². The van der Waals surface area contributed by atoms with Gasteiger partial charge in [-0.25, -0.2) is 4.98 Å². The average molecular weight is 274 g/mol. The van der Waals surface area contributed by atoms with Gasteiger partial charge >= 0.3 is 0 Å². The van der Waals surface area contributed by atoms with E-state index in [1.54, 1.807) is 7.11 Å². The Morgan fingerprint density at radius 2 is 2.33 bits per heavy atom. The zero-order chi connectivity index (χ0) is 13.5. The van der Waals surface area contributed by atoms with Crippen molar-refractivity contribution in [2.75, 3.05) is 39.1 Å². The van der Waals surface area contributed by atoms with Gasteiger partial charge in [-0.2, -0.15) is 0 Å². The molecule has 0 spiro atoms. The fourth-order valence-corrected chi connectivity index (χ4v) is 1.59. The van der Waals surface area contributed by atoms with E-state index >= 15 is 0 Å². The predicted molar refractivity (Wildman–Crippen MR) is 68.5 cm³/mol. The topological polar surface area (TPSA) is 88.7 Å². The number of carbonyl (C=O) groups excluding carboxylic acids is 1. The van der Waals surface area contributed by atoms with Gasteiger partial charge in [0.15, 0.2) is 0 Å². The van der Waals surface area contributed by atoms with Gasteiger partial charge in [-0.3, -0.25) is 4.79 Å². The number of methoxy groups -OCH3 is 1. The molecule has 0 aliphatic rings. The van der Waals surface area contributed by atoms with E-state index in [0.717, 1.165) is 0 Å². The zero-order valence-electron chi connectivity index (χ0n) is 10.1. The summed E-state index contributed by atoms with van der Waals surface area (Å²) in [6.07, 6.45) is 1.34. The van der Waals surface area contributed by atoms with Crippen molar-refractivity contribution < 1.29 is 14.6 Å². The van der Waals surface area contributed by atoms with Crippen LogP contribution in [-0.2, 0) is 4.74 Å². The zero-order valence-corrected chi connectivity index (χ0v) is 10.9. The van der Waals surface area contributed by atoms with Gasteiger partial charge in [0.1, 0.15) is 5.15 Å². The quantitative estimate of drug-likeness (QED) is 0.733. The molecule has 0 unspecified atom stereocenters. The first-order valence-corrected chi connectivity index (χ1v) is 5.78. The molecule has 0 aliphatic carbocycles. The summed E-state index contributed by atoms with van der Waals surface area (Å²) in [5.74, 6) is -0.303. The predicted octanol–water partition coefficient (Wildman–Crippen LogP) is 0.398. The van der Waals surface area contributed by atoms with Crippen molar-refractivity contribution in [3.05, 3.63) is 23.0 Å². The van der Waals surface area contributed by atoms with Gasteiger partial charge in [0.25, 0.3) is 5.91 Å². The number of ether oxygens (including phenoxy) is 1. The number of nitrogens with zero attached hydrogens (tertiary/aromatic N) is 2. The molecule has 0 aromatic carbocycles. The van der Waals surface area contributed by atoms with Crippen molar-refractivity contribution in [2.45, 2.75) is 0 Å². The highest BCUT2D eigenvalue weighted by Gasteiger charge is 2.18. The third kappa shape index (κ3) is 3.83. The molecule has 100 valence electrons. The molecule has 0 radical (unpaired) electrons. The number of nitrogen functional groups attached to an aromatic ring is 1. The number of pyridine rings is 1. The van der Waals surface area contributed by atoms with Crippen LogP contribution in [0.15, 0.2) is 12.3 Å². The molecule has 6 nitrogen and oxygen atoms in total. The number of aromatic nitrogens is 1. The van der Waals surface area contributed by atoms with Crippen LogP contribution in [-0.4, -0.2) is 54.3 Å². The van der Waals surface area contributed by atoms with E-state index < -0.39 is 0 Å². The van der Waals surface area contributed by atoms with Crippen LogP contribution in [0.1, 0.15) is 10.4 Å². The lowest BCUT2D eigenvalue weighted by Crippen LogP contribution is -2.36. The Morgan fingerprint density at radius 1 is 1.61 bits per heavy atom. The second-order valence-corrected chi connectivity index (χ2v) is 3.99. The van der Waals surface area contributed by atoms with Crippen molar-refractivity contribution in [2.24, 2.45) is 0 Å². The van der Waals surface area contributed by atoms with E-state index in [1.165, 1.54) is 17.2 Å². The van der Waals surface area contributed by atoms with Crippen LogP contribution in [0, 0.1) is 0 Å². The van der Waals surface area contributed by atoms with Crippen LogP contribution < -0.4 is 5.73 Å². The molecule has 18 heavy (non-hydrogen) atoms. The molecule has 1 aromatic heterocycles. The highest BCUT2D eigenvalue weighted by molar-refractivity contribution is 6.29. The molecule has 1 amide bonds. The Hall–Kier alpha value is -1.37. The first-order chi connectivity index (χ1) is 8.60. The smallest absolute Gasteiger partial charge is 0.256 e. The third-order valence-electron chi connectivity index (χ3n) is 2.35. The summed E-state index contributed by atoms with van der Waals surface area (Å²) in [4.78, 5) is 17.4. The van der Waals surface area contributed by atoms with Crippen LogP contribution in [0.4, 0.5) is 5.69 Å². The Kier molecular flexibility index (Phi) is 5.84. The molecule has 0 aliphatic heterocycles. The van der Waals surface area contributed by atoms with Crippen molar-refractivity contribution in [3.63, 3.8) is 0 Å². The summed E-state index contributed by atoms with van der Waals surface area (Å²) >= 11 is 5.74. The van der Waals surface area contributed by atoms with Crippen molar-refractivity contribution >= 4 is 23.2 Å². The Balaban J connectivity index is 2.90. The first kappa shape index (κ1) is 14.7. The van der Waals surface area contributed by atoms with Crippen molar-refractivity contribution in [1.29, 1.82) is 0 Å². The minimum Gasteiger partial charge on any atom is -0.397 e. The van der Waals surface area contributed by atoms with E-state index in [4.69, 9.17) is 27.2 Å². The molecule has 1 rings (SSSR count). The monoisotopic (exact) mass is 273 g/mol. The van der Waals surface area contributed by atoms with E-state index in [1.807, 2.05) is 0 Å². The SMILES string of the molecule is COCCN(CCO)C(=O)c1cc(Cl)ncc1N. The number of nitrogens with two attached hydrogens (primary N) is 1. The average Bonchev–Trinajstić information content (AvgIpc) is 2.36. The molecule has 0 bridgehead atoms. The van der Waals surface area contributed by atoms with Gasteiger partial charge in [0.05, 0.1) is 30.7 Å². The third-order valence-corrected chi connectivity index (χ3v) is 2.56. The maximum absolute atomic E-state index is 12.2. The van der Waals surface area contributed by atoms with Gasteiger partial charge in [-0.15, -0.1) is 0 Å². The van der Waals surface area contributed by atoms with E-state index in [0.29, 0.717) is 13.2 Å². The van der Waals surface area contributed by atoms with Gasteiger partial charge in [0.2, 0.25) is 0 Å². The maximum atomic E-state index is 12.2. The van der Waals surface area contributed by atoms with E-state index in [2.05, 4.69) is 4.98 Å². The largest absolute Gasteiger partial charge is 0.397 e. The molecule has 3 N–H and O–H groups in total. The molecular weight excluding hydrogens is 258 g/mol. The molecule has 0 fully saturated rings. The molecule has 7 heteroatoms. The molecule has 0 saturated heterocycles. The summed E-state index contributed by atoms with van der Waals surface area (Å²) in [6, 6.07) is 1.41. The van der Waals surface area contributed by atoms with Crippen molar-refractivity contribution in [1.82, 2.24) is 9.88 Å². The molecule has 0 atom stereocenters. The highest BCUT2D eigenvalue weighted by atomic mass is 35.5. The summed E-state index contributed by atoms with van der Waals surface area (Å²) in [5.41, 5.74) is 6.22.